The Labute approximate surface area is 77.9 Å². The highest BCUT2D eigenvalue weighted by Gasteiger charge is 2.34. The molecule has 0 aliphatic rings. The average molecular weight is 208 g/mol. The van der Waals surface area contributed by atoms with E-state index in [1.54, 1.807) is 0 Å². The average Bonchev–Trinajstić information content (AvgIpc) is 2.02. The summed E-state index contributed by atoms with van der Waals surface area (Å²) in [7, 11) is 0. The largest absolute Gasteiger partial charge is 0.416 e. The predicted octanol–water partition coefficient (Wildman–Crippen LogP) is 3.31. The molecule has 0 aliphatic heterocycles. The molecule has 0 bridgehead atoms. The minimum absolute atomic E-state index is 0.184. The zero-order valence-corrected chi connectivity index (χ0v) is 7.15. The standard InChI is InChI=1S/C8H5ClF3N/c1-5(8(10,11)12)6-3-2-4-13-7(6)9/h2-4H,1H2. The topological polar surface area (TPSA) is 12.9 Å². The van der Waals surface area contributed by atoms with Crippen molar-refractivity contribution < 1.29 is 13.2 Å². The second-order valence-corrected chi connectivity index (χ2v) is 2.68. The molecule has 0 N–H and O–H groups in total. The predicted molar refractivity (Wildman–Crippen MR) is 44.3 cm³/mol. The monoisotopic (exact) mass is 207 g/mol. The van der Waals surface area contributed by atoms with Crippen LogP contribution in [0.1, 0.15) is 5.56 Å². The SMILES string of the molecule is C=C(c1cccnc1Cl)C(F)(F)F. The zero-order chi connectivity index (χ0) is 10.1. The lowest BCUT2D eigenvalue weighted by atomic mass is 10.1. The summed E-state index contributed by atoms with van der Waals surface area (Å²) in [5, 5.41) is -0.190. The highest BCUT2D eigenvalue weighted by Crippen LogP contribution is 2.34. The summed E-state index contributed by atoms with van der Waals surface area (Å²) in [5.74, 6) is 0. The van der Waals surface area contributed by atoms with Crippen LogP contribution in [0.2, 0.25) is 5.15 Å². The van der Waals surface area contributed by atoms with Crippen LogP contribution in [-0.4, -0.2) is 11.2 Å². The van der Waals surface area contributed by atoms with Crippen LogP contribution in [0.3, 0.4) is 0 Å². The van der Waals surface area contributed by atoms with Gasteiger partial charge < -0.3 is 0 Å². The lowest BCUT2D eigenvalue weighted by Gasteiger charge is -2.10. The summed E-state index contributed by atoms with van der Waals surface area (Å²) in [4.78, 5) is 3.52. The molecule has 0 aliphatic carbocycles. The van der Waals surface area contributed by atoms with Gasteiger partial charge in [-0.15, -0.1) is 0 Å². The lowest BCUT2D eigenvalue weighted by molar-refractivity contribution is -0.0686. The molecule has 70 valence electrons. The lowest BCUT2D eigenvalue weighted by Crippen LogP contribution is -2.10. The minimum atomic E-state index is -4.47. The number of rotatable bonds is 1. The van der Waals surface area contributed by atoms with Crippen LogP contribution in [0, 0.1) is 0 Å². The van der Waals surface area contributed by atoms with Gasteiger partial charge in [-0.1, -0.05) is 18.2 Å². The summed E-state index contributed by atoms with van der Waals surface area (Å²) in [6.07, 6.45) is -3.15. The van der Waals surface area contributed by atoms with Crippen molar-refractivity contribution >= 4 is 17.2 Å². The highest BCUT2D eigenvalue weighted by molar-refractivity contribution is 6.31. The Balaban J connectivity index is 3.10. The second kappa shape index (κ2) is 3.38. The molecule has 5 heteroatoms. The number of pyridine rings is 1. The number of aromatic nitrogens is 1. The number of halogens is 4. The Bertz CT molecular complexity index is 332. The fourth-order valence-electron chi connectivity index (χ4n) is 0.764. The molecule has 0 amide bonds. The van der Waals surface area contributed by atoms with Crippen molar-refractivity contribution in [2.75, 3.05) is 0 Å². The molecule has 1 nitrogen and oxygen atoms in total. The maximum Gasteiger partial charge on any atom is 0.416 e. The van der Waals surface area contributed by atoms with Crippen LogP contribution in [0.25, 0.3) is 5.57 Å². The Hall–Kier alpha value is -1.03. The first-order valence-corrected chi connectivity index (χ1v) is 3.67. The van der Waals surface area contributed by atoms with Gasteiger partial charge in [0.15, 0.2) is 0 Å². The fraction of sp³-hybridized carbons (Fsp3) is 0.125. The van der Waals surface area contributed by atoms with E-state index in [-0.39, 0.29) is 10.7 Å². The van der Waals surface area contributed by atoms with Crippen molar-refractivity contribution in [3.8, 4) is 0 Å². The van der Waals surface area contributed by atoms with Gasteiger partial charge in [0.2, 0.25) is 0 Å². The minimum Gasteiger partial charge on any atom is -0.244 e. The van der Waals surface area contributed by atoms with Crippen LogP contribution < -0.4 is 0 Å². The van der Waals surface area contributed by atoms with E-state index in [2.05, 4.69) is 11.6 Å². The molecular formula is C8H5ClF3N. The van der Waals surface area contributed by atoms with Crippen LogP contribution in [0.15, 0.2) is 24.9 Å². The van der Waals surface area contributed by atoms with E-state index in [9.17, 15) is 13.2 Å². The Kier molecular flexibility index (Phi) is 2.61. The van der Waals surface area contributed by atoms with Gasteiger partial charge in [-0.05, 0) is 12.1 Å². The van der Waals surface area contributed by atoms with Gasteiger partial charge in [-0.2, -0.15) is 13.2 Å². The van der Waals surface area contributed by atoms with E-state index in [4.69, 9.17) is 11.6 Å². The molecule has 1 aromatic heterocycles. The maximum absolute atomic E-state index is 12.1. The van der Waals surface area contributed by atoms with Gasteiger partial charge in [0.1, 0.15) is 5.15 Å². The number of alkyl halides is 3. The van der Waals surface area contributed by atoms with Gasteiger partial charge in [-0.3, -0.25) is 0 Å². The molecular weight excluding hydrogens is 203 g/mol. The first kappa shape index (κ1) is 10.1. The normalized spacial score (nSPS) is 11.4. The smallest absolute Gasteiger partial charge is 0.244 e. The van der Waals surface area contributed by atoms with E-state index >= 15 is 0 Å². The Morgan fingerprint density at radius 1 is 1.46 bits per heavy atom. The van der Waals surface area contributed by atoms with Crippen molar-refractivity contribution in [1.82, 2.24) is 4.98 Å². The van der Waals surface area contributed by atoms with E-state index in [1.807, 2.05) is 0 Å². The van der Waals surface area contributed by atoms with Gasteiger partial charge in [-0.25, -0.2) is 4.98 Å². The van der Waals surface area contributed by atoms with Gasteiger partial charge in [0.25, 0.3) is 0 Å². The third kappa shape index (κ3) is 2.21. The summed E-state index contributed by atoms with van der Waals surface area (Å²) in [5.41, 5.74) is -1.16. The van der Waals surface area contributed by atoms with Gasteiger partial charge in [0.05, 0.1) is 5.57 Å². The molecule has 1 aromatic rings. The molecule has 0 saturated carbocycles. The summed E-state index contributed by atoms with van der Waals surface area (Å²) < 4.78 is 36.4. The van der Waals surface area contributed by atoms with Crippen LogP contribution in [0.4, 0.5) is 13.2 Å². The van der Waals surface area contributed by atoms with E-state index in [1.165, 1.54) is 18.3 Å². The Morgan fingerprint density at radius 2 is 2.08 bits per heavy atom. The summed E-state index contributed by atoms with van der Waals surface area (Å²) in [6.45, 7) is 2.91. The molecule has 0 spiro atoms. The van der Waals surface area contributed by atoms with Crippen LogP contribution in [0.5, 0.6) is 0 Å². The summed E-state index contributed by atoms with van der Waals surface area (Å²) in [6, 6.07) is 2.60. The van der Waals surface area contributed by atoms with Crippen molar-refractivity contribution in [3.05, 3.63) is 35.6 Å². The number of allylic oxidation sites excluding steroid dienone is 1. The van der Waals surface area contributed by atoms with E-state index < -0.39 is 11.7 Å². The van der Waals surface area contributed by atoms with Crippen molar-refractivity contribution in [3.63, 3.8) is 0 Å². The Morgan fingerprint density at radius 3 is 2.54 bits per heavy atom. The van der Waals surface area contributed by atoms with Crippen molar-refractivity contribution in [2.24, 2.45) is 0 Å². The molecule has 0 saturated heterocycles. The number of hydrogen-bond acceptors (Lipinski definition) is 1. The third-order valence-corrected chi connectivity index (χ3v) is 1.73. The molecule has 1 heterocycles. The maximum atomic E-state index is 12.1. The van der Waals surface area contributed by atoms with E-state index in [0.717, 1.165) is 0 Å². The molecule has 0 radical (unpaired) electrons. The van der Waals surface area contributed by atoms with E-state index in [0.29, 0.717) is 0 Å². The van der Waals surface area contributed by atoms with Gasteiger partial charge >= 0.3 is 6.18 Å². The zero-order valence-electron chi connectivity index (χ0n) is 6.40. The molecule has 0 unspecified atom stereocenters. The number of nitrogens with zero attached hydrogens (tertiary/aromatic N) is 1. The first-order chi connectivity index (χ1) is 5.93. The van der Waals surface area contributed by atoms with Crippen molar-refractivity contribution in [1.29, 1.82) is 0 Å². The molecule has 0 fully saturated rings. The van der Waals surface area contributed by atoms with Gasteiger partial charge in [0, 0.05) is 11.8 Å². The highest BCUT2D eigenvalue weighted by atomic mass is 35.5. The molecule has 1 rings (SSSR count). The molecule has 0 aromatic carbocycles. The second-order valence-electron chi connectivity index (χ2n) is 2.32. The molecule has 13 heavy (non-hydrogen) atoms. The fourth-order valence-corrected chi connectivity index (χ4v) is 0.997. The van der Waals surface area contributed by atoms with Crippen LogP contribution in [-0.2, 0) is 0 Å². The van der Waals surface area contributed by atoms with Crippen LogP contribution >= 0.6 is 11.6 Å². The molecule has 0 atom stereocenters. The van der Waals surface area contributed by atoms with Crippen molar-refractivity contribution in [2.45, 2.75) is 6.18 Å². The third-order valence-electron chi connectivity index (χ3n) is 1.43. The quantitative estimate of drug-likeness (QED) is 0.644. The summed E-state index contributed by atoms with van der Waals surface area (Å²) >= 11 is 5.45. The number of hydrogen-bond donors (Lipinski definition) is 0. The first-order valence-electron chi connectivity index (χ1n) is 3.30.